The normalized spacial score (nSPS) is 24.4. The lowest BCUT2D eigenvalue weighted by atomic mass is 9.91. The van der Waals surface area contributed by atoms with Crippen LogP contribution in [0.15, 0.2) is 18.2 Å². The lowest BCUT2D eigenvalue weighted by molar-refractivity contribution is 0.0289. The van der Waals surface area contributed by atoms with Gasteiger partial charge in [-0.2, -0.15) is 0 Å². The summed E-state index contributed by atoms with van der Waals surface area (Å²) in [6.07, 6.45) is 3.80. The lowest BCUT2D eigenvalue weighted by Crippen LogP contribution is -2.42. The summed E-state index contributed by atoms with van der Waals surface area (Å²) in [5, 5.41) is 9.99. The van der Waals surface area contributed by atoms with E-state index in [-0.39, 0.29) is 18.0 Å². The lowest BCUT2D eigenvalue weighted by Gasteiger charge is -2.35. The number of anilines is 1. The number of nitrogens with zero attached hydrogens (tertiary/aromatic N) is 1. The van der Waals surface area contributed by atoms with Crippen molar-refractivity contribution in [2.24, 2.45) is 0 Å². The number of hydrogen-bond acceptors (Lipinski definition) is 3. The maximum Gasteiger partial charge on any atom is 0.123 e. The zero-order valence-corrected chi connectivity index (χ0v) is 10.8. The van der Waals surface area contributed by atoms with Crippen molar-refractivity contribution < 1.29 is 9.50 Å². The van der Waals surface area contributed by atoms with Crippen molar-refractivity contribution in [2.45, 2.75) is 44.4 Å². The second-order valence-corrected chi connectivity index (χ2v) is 5.18. The van der Waals surface area contributed by atoms with Gasteiger partial charge in [-0.25, -0.2) is 4.39 Å². The summed E-state index contributed by atoms with van der Waals surface area (Å²) in [6.45, 7) is 0.575. The molecule has 0 saturated heterocycles. The second kappa shape index (κ2) is 5.67. The molecule has 0 amide bonds. The average molecular weight is 252 g/mol. The molecule has 0 spiro atoms. The van der Waals surface area contributed by atoms with Crippen LogP contribution in [-0.4, -0.2) is 29.2 Å². The van der Waals surface area contributed by atoms with Crippen LogP contribution in [0.3, 0.4) is 0 Å². The number of likely N-dealkylation sites (N-methyl/N-ethyl adjacent to an activating group) is 1. The zero-order valence-electron chi connectivity index (χ0n) is 10.8. The van der Waals surface area contributed by atoms with Crippen molar-refractivity contribution >= 4 is 5.69 Å². The first kappa shape index (κ1) is 13.3. The summed E-state index contributed by atoms with van der Waals surface area (Å²) in [4.78, 5) is 2.08. The van der Waals surface area contributed by atoms with Gasteiger partial charge in [-0.3, -0.25) is 4.90 Å². The highest BCUT2D eigenvalue weighted by Gasteiger charge is 2.26. The number of halogens is 1. The first-order chi connectivity index (χ1) is 8.58. The van der Waals surface area contributed by atoms with Crippen molar-refractivity contribution in [1.29, 1.82) is 0 Å². The zero-order chi connectivity index (χ0) is 13.1. The Morgan fingerprint density at radius 3 is 2.83 bits per heavy atom. The van der Waals surface area contributed by atoms with Gasteiger partial charge in [0.1, 0.15) is 5.82 Å². The van der Waals surface area contributed by atoms with Crippen LogP contribution in [0.4, 0.5) is 10.1 Å². The highest BCUT2D eigenvalue weighted by Crippen LogP contribution is 2.24. The molecule has 1 aromatic carbocycles. The monoisotopic (exact) mass is 252 g/mol. The molecule has 100 valence electrons. The standard InChI is InChI=1S/C14H21FN2O/c1-17(13-4-2-3-5-14(13)18)9-10-8-11(15)6-7-12(10)16/h6-8,13-14,18H,2-5,9,16H2,1H3. The number of rotatable bonds is 3. The molecule has 0 bridgehead atoms. The average Bonchev–Trinajstić information content (AvgIpc) is 2.34. The highest BCUT2D eigenvalue weighted by atomic mass is 19.1. The van der Waals surface area contributed by atoms with Gasteiger partial charge in [0.25, 0.3) is 0 Å². The molecular formula is C14H21FN2O. The van der Waals surface area contributed by atoms with Crippen molar-refractivity contribution in [1.82, 2.24) is 4.90 Å². The van der Waals surface area contributed by atoms with Crippen molar-refractivity contribution in [3.8, 4) is 0 Å². The molecule has 2 rings (SSSR count). The van der Waals surface area contributed by atoms with E-state index in [0.717, 1.165) is 31.2 Å². The van der Waals surface area contributed by atoms with Gasteiger partial charge in [-0.15, -0.1) is 0 Å². The van der Waals surface area contributed by atoms with Gasteiger partial charge >= 0.3 is 0 Å². The number of aliphatic hydroxyl groups is 1. The first-order valence-corrected chi connectivity index (χ1v) is 6.50. The molecule has 1 fully saturated rings. The first-order valence-electron chi connectivity index (χ1n) is 6.50. The van der Waals surface area contributed by atoms with Gasteiger partial charge < -0.3 is 10.8 Å². The third-order valence-electron chi connectivity index (χ3n) is 3.78. The molecule has 1 aromatic rings. The summed E-state index contributed by atoms with van der Waals surface area (Å²) in [6, 6.07) is 4.59. The maximum atomic E-state index is 13.2. The van der Waals surface area contributed by atoms with Gasteiger partial charge in [0, 0.05) is 18.3 Å². The van der Waals surface area contributed by atoms with Crippen molar-refractivity contribution in [2.75, 3.05) is 12.8 Å². The summed E-state index contributed by atoms with van der Waals surface area (Å²) in [7, 11) is 1.96. The molecule has 2 atom stereocenters. The third-order valence-corrected chi connectivity index (χ3v) is 3.78. The van der Waals surface area contributed by atoms with Gasteiger partial charge in [0.05, 0.1) is 6.10 Å². The molecule has 1 saturated carbocycles. The highest BCUT2D eigenvalue weighted by molar-refractivity contribution is 5.46. The molecule has 0 aliphatic heterocycles. The Hall–Kier alpha value is -1.13. The molecule has 0 heterocycles. The van der Waals surface area contributed by atoms with Gasteiger partial charge in [0.2, 0.25) is 0 Å². The minimum absolute atomic E-state index is 0.154. The van der Waals surface area contributed by atoms with Crippen LogP contribution in [0.5, 0.6) is 0 Å². The molecule has 0 aromatic heterocycles. The van der Waals surface area contributed by atoms with E-state index in [0.29, 0.717) is 12.2 Å². The van der Waals surface area contributed by atoms with E-state index < -0.39 is 0 Å². The molecule has 3 nitrogen and oxygen atoms in total. The predicted molar refractivity (Wildman–Crippen MR) is 70.5 cm³/mol. The molecule has 2 unspecified atom stereocenters. The van der Waals surface area contributed by atoms with Crippen LogP contribution < -0.4 is 5.73 Å². The fraction of sp³-hybridized carbons (Fsp3) is 0.571. The van der Waals surface area contributed by atoms with Crippen LogP contribution in [0.2, 0.25) is 0 Å². The van der Waals surface area contributed by atoms with Gasteiger partial charge in [0.15, 0.2) is 0 Å². The van der Waals surface area contributed by atoms with Crippen LogP contribution in [0.25, 0.3) is 0 Å². The van der Waals surface area contributed by atoms with Crippen LogP contribution >= 0.6 is 0 Å². The minimum Gasteiger partial charge on any atom is -0.398 e. The minimum atomic E-state index is -0.279. The van der Waals surface area contributed by atoms with E-state index in [9.17, 15) is 9.50 Å². The van der Waals surface area contributed by atoms with E-state index >= 15 is 0 Å². The van der Waals surface area contributed by atoms with Gasteiger partial charge in [-0.05, 0) is 43.7 Å². The van der Waals surface area contributed by atoms with Gasteiger partial charge in [-0.1, -0.05) is 12.8 Å². The molecular weight excluding hydrogens is 231 g/mol. The molecule has 18 heavy (non-hydrogen) atoms. The second-order valence-electron chi connectivity index (χ2n) is 5.18. The maximum absolute atomic E-state index is 13.2. The predicted octanol–water partition coefficient (Wildman–Crippen LogP) is 2.14. The Bertz CT molecular complexity index is 411. The fourth-order valence-electron chi connectivity index (χ4n) is 2.70. The quantitative estimate of drug-likeness (QED) is 0.810. The summed E-state index contributed by atoms with van der Waals surface area (Å²) in [5.74, 6) is -0.267. The summed E-state index contributed by atoms with van der Waals surface area (Å²) >= 11 is 0. The number of benzene rings is 1. The van der Waals surface area contributed by atoms with Crippen LogP contribution in [-0.2, 0) is 6.54 Å². The Balaban J connectivity index is 2.05. The van der Waals surface area contributed by atoms with Crippen molar-refractivity contribution in [3.63, 3.8) is 0 Å². The Labute approximate surface area is 107 Å². The fourth-order valence-corrected chi connectivity index (χ4v) is 2.70. The van der Waals surface area contributed by atoms with Crippen LogP contribution in [0, 0.1) is 5.82 Å². The topological polar surface area (TPSA) is 49.5 Å². The number of hydrogen-bond donors (Lipinski definition) is 2. The van der Waals surface area contributed by atoms with E-state index in [1.54, 1.807) is 6.07 Å². The molecule has 4 heteroatoms. The van der Waals surface area contributed by atoms with E-state index in [1.807, 2.05) is 7.05 Å². The van der Waals surface area contributed by atoms with E-state index in [1.165, 1.54) is 12.1 Å². The van der Waals surface area contributed by atoms with E-state index in [4.69, 9.17) is 5.73 Å². The Morgan fingerprint density at radius 1 is 1.39 bits per heavy atom. The number of nitrogen functional groups attached to an aromatic ring is 1. The summed E-state index contributed by atoms with van der Waals surface area (Å²) < 4.78 is 13.2. The smallest absolute Gasteiger partial charge is 0.123 e. The SMILES string of the molecule is CN(Cc1cc(F)ccc1N)C1CCCCC1O. The number of aliphatic hydroxyl groups excluding tert-OH is 1. The Morgan fingerprint density at radius 2 is 2.11 bits per heavy atom. The largest absolute Gasteiger partial charge is 0.398 e. The molecule has 1 aliphatic carbocycles. The Kier molecular flexibility index (Phi) is 4.19. The third kappa shape index (κ3) is 3.00. The number of nitrogens with two attached hydrogens (primary N) is 1. The summed E-state index contributed by atoms with van der Waals surface area (Å²) in [5.41, 5.74) is 7.24. The van der Waals surface area contributed by atoms with Crippen LogP contribution in [0.1, 0.15) is 31.2 Å². The molecule has 0 radical (unpaired) electrons. The molecule has 3 N–H and O–H groups in total. The van der Waals surface area contributed by atoms with Crippen molar-refractivity contribution in [3.05, 3.63) is 29.6 Å². The van der Waals surface area contributed by atoms with E-state index in [2.05, 4.69) is 4.90 Å². The molecule has 1 aliphatic rings.